The molecule has 0 saturated carbocycles. The van der Waals surface area contributed by atoms with Crippen LogP contribution < -0.4 is 15.5 Å². The van der Waals surface area contributed by atoms with Crippen LogP contribution in [-0.4, -0.2) is 43.0 Å². The van der Waals surface area contributed by atoms with E-state index < -0.39 is 0 Å². The molecular weight excluding hydrogens is 388 g/mol. The van der Waals surface area contributed by atoms with E-state index in [1.165, 1.54) is 37.1 Å². The van der Waals surface area contributed by atoms with Gasteiger partial charge in [0, 0.05) is 43.7 Å². The van der Waals surface area contributed by atoms with Gasteiger partial charge in [-0.3, -0.25) is 4.79 Å². The third-order valence-corrected chi connectivity index (χ3v) is 6.43. The number of quaternary nitrogens is 1. The van der Waals surface area contributed by atoms with Crippen molar-refractivity contribution in [3.8, 4) is 0 Å². The molecule has 0 aromatic heterocycles. The quantitative estimate of drug-likeness (QED) is 0.671. The molecule has 2 heterocycles. The second-order valence-corrected chi connectivity index (χ2v) is 8.70. The fourth-order valence-electron chi connectivity index (χ4n) is 4.65. The predicted octanol–water partition coefficient (Wildman–Crippen LogP) is 2.43. The minimum Gasteiger partial charge on any atom is -0.352 e. The molecule has 0 bridgehead atoms. The van der Waals surface area contributed by atoms with Crippen molar-refractivity contribution in [1.29, 1.82) is 0 Å². The van der Waals surface area contributed by atoms with Gasteiger partial charge in [0.15, 0.2) is 0 Å². The summed E-state index contributed by atoms with van der Waals surface area (Å²) in [5.41, 5.74) is 3.30. The highest BCUT2D eigenvalue weighted by atomic mass is 16.2. The summed E-state index contributed by atoms with van der Waals surface area (Å²) >= 11 is 0. The first kappa shape index (κ1) is 21.4. The minimum atomic E-state index is -0.161. The van der Waals surface area contributed by atoms with E-state index in [1.54, 1.807) is 9.80 Å². The topological polar surface area (TPSA) is 65.9 Å². The molecule has 2 aromatic rings. The Balaban J connectivity index is 1.30. The number of carbonyl (C=O) groups is 2. The lowest BCUT2D eigenvalue weighted by atomic mass is 9.97. The van der Waals surface area contributed by atoms with Gasteiger partial charge in [0.2, 0.25) is 5.91 Å². The van der Waals surface area contributed by atoms with Crippen molar-refractivity contribution in [2.24, 2.45) is 5.92 Å². The van der Waals surface area contributed by atoms with Crippen LogP contribution in [0.1, 0.15) is 36.8 Å². The second-order valence-electron chi connectivity index (χ2n) is 8.70. The normalized spacial score (nSPS) is 19.2. The number of amides is 3. The molecule has 0 radical (unpaired) electrons. The number of nitrogens with zero attached hydrogens (tertiary/aromatic N) is 1. The molecule has 3 N–H and O–H groups in total. The average Bonchev–Trinajstić information content (AvgIpc) is 3.32. The number of urea groups is 1. The van der Waals surface area contributed by atoms with Gasteiger partial charge in [-0.05, 0) is 30.5 Å². The number of para-hydroxylation sites is 1. The van der Waals surface area contributed by atoms with Crippen molar-refractivity contribution in [2.45, 2.75) is 38.8 Å². The summed E-state index contributed by atoms with van der Waals surface area (Å²) in [6.45, 7) is 5.21. The maximum atomic E-state index is 12.9. The molecule has 2 saturated heterocycles. The SMILES string of the molecule is O=C(NCc1ccccc1C[NH+]1CCCC1)[C@H]1CCCN(C(=O)Nc2ccccc2)C1. The van der Waals surface area contributed by atoms with Crippen LogP contribution in [0.2, 0.25) is 0 Å². The number of carbonyl (C=O) groups excluding carboxylic acids is 2. The number of anilines is 1. The van der Waals surface area contributed by atoms with Gasteiger partial charge in [0.05, 0.1) is 19.0 Å². The number of piperidine rings is 1. The Labute approximate surface area is 184 Å². The number of benzene rings is 2. The smallest absolute Gasteiger partial charge is 0.321 e. The largest absolute Gasteiger partial charge is 0.352 e. The van der Waals surface area contributed by atoms with Crippen molar-refractivity contribution in [3.05, 3.63) is 65.7 Å². The summed E-state index contributed by atoms with van der Waals surface area (Å²) in [4.78, 5) is 28.9. The summed E-state index contributed by atoms with van der Waals surface area (Å²) in [5.74, 6) is -0.118. The Bertz CT molecular complexity index is 880. The standard InChI is InChI=1S/C25H32N4O2/c30-24(26-17-20-9-4-5-10-21(20)18-28-14-6-7-15-28)22-11-8-16-29(19-22)25(31)27-23-12-2-1-3-13-23/h1-5,9-10,12-13,22H,6-8,11,14-19H2,(H,26,30)(H,27,31)/p+1/t22-/m0/s1. The number of likely N-dealkylation sites (tertiary alicyclic amines) is 2. The van der Waals surface area contributed by atoms with Gasteiger partial charge in [-0.15, -0.1) is 0 Å². The number of hydrogen-bond acceptors (Lipinski definition) is 2. The van der Waals surface area contributed by atoms with E-state index in [9.17, 15) is 9.59 Å². The first-order valence-corrected chi connectivity index (χ1v) is 11.5. The molecule has 0 aliphatic carbocycles. The van der Waals surface area contributed by atoms with Crippen LogP contribution in [0.3, 0.4) is 0 Å². The highest BCUT2D eigenvalue weighted by molar-refractivity contribution is 5.90. The van der Waals surface area contributed by atoms with Crippen LogP contribution in [0.25, 0.3) is 0 Å². The molecule has 6 nitrogen and oxygen atoms in total. The van der Waals surface area contributed by atoms with Gasteiger partial charge >= 0.3 is 6.03 Å². The summed E-state index contributed by atoms with van der Waals surface area (Å²) in [7, 11) is 0. The highest BCUT2D eigenvalue weighted by Gasteiger charge is 2.28. The van der Waals surface area contributed by atoms with E-state index in [1.807, 2.05) is 36.4 Å². The molecule has 3 amide bonds. The molecule has 0 unspecified atom stereocenters. The van der Waals surface area contributed by atoms with Crippen molar-refractivity contribution in [3.63, 3.8) is 0 Å². The summed E-state index contributed by atoms with van der Waals surface area (Å²) in [6.07, 6.45) is 4.28. The summed E-state index contributed by atoms with van der Waals surface area (Å²) in [6, 6.07) is 17.7. The van der Waals surface area contributed by atoms with Crippen molar-refractivity contribution in [2.75, 3.05) is 31.5 Å². The predicted molar refractivity (Wildman–Crippen MR) is 122 cm³/mol. The van der Waals surface area contributed by atoms with Crippen LogP contribution in [0.15, 0.2) is 54.6 Å². The molecule has 4 rings (SSSR count). The molecule has 31 heavy (non-hydrogen) atoms. The van der Waals surface area contributed by atoms with E-state index >= 15 is 0 Å². The molecule has 2 fully saturated rings. The van der Waals surface area contributed by atoms with E-state index in [0.717, 1.165) is 25.1 Å². The van der Waals surface area contributed by atoms with Gasteiger partial charge in [-0.1, -0.05) is 42.5 Å². The van der Waals surface area contributed by atoms with Gasteiger partial charge in [0.1, 0.15) is 6.54 Å². The molecule has 0 spiro atoms. The zero-order chi connectivity index (χ0) is 21.5. The molecule has 6 heteroatoms. The maximum absolute atomic E-state index is 12.9. The maximum Gasteiger partial charge on any atom is 0.321 e. The van der Waals surface area contributed by atoms with Crippen LogP contribution in [0, 0.1) is 5.92 Å². The lowest BCUT2D eigenvalue weighted by Crippen LogP contribution is -3.08. The molecule has 2 aromatic carbocycles. The Morgan fingerprint density at radius 2 is 1.65 bits per heavy atom. The third kappa shape index (κ3) is 5.85. The summed E-state index contributed by atoms with van der Waals surface area (Å²) in [5, 5.41) is 6.06. The Morgan fingerprint density at radius 3 is 2.42 bits per heavy atom. The Morgan fingerprint density at radius 1 is 0.935 bits per heavy atom. The van der Waals surface area contributed by atoms with E-state index in [4.69, 9.17) is 0 Å². The minimum absolute atomic E-state index is 0.0422. The first-order chi connectivity index (χ1) is 15.2. The van der Waals surface area contributed by atoms with Gasteiger partial charge < -0.3 is 20.4 Å². The highest BCUT2D eigenvalue weighted by Crippen LogP contribution is 2.18. The van der Waals surface area contributed by atoms with Crippen molar-refractivity contribution < 1.29 is 14.5 Å². The lowest BCUT2D eigenvalue weighted by molar-refractivity contribution is -0.901. The molecule has 2 aliphatic rings. The van der Waals surface area contributed by atoms with Gasteiger partial charge in [-0.25, -0.2) is 4.79 Å². The molecule has 1 atom stereocenters. The van der Waals surface area contributed by atoms with Gasteiger partial charge in [-0.2, -0.15) is 0 Å². The van der Waals surface area contributed by atoms with Crippen LogP contribution in [-0.2, 0) is 17.9 Å². The number of rotatable bonds is 6. The zero-order valence-electron chi connectivity index (χ0n) is 18.1. The fourth-order valence-corrected chi connectivity index (χ4v) is 4.65. The molecule has 2 aliphatic heterocycles. The van der Waals surface area contributed by atoms with Gasteiger partial charge in [0.25, 0.3) is 0 Å². The van der Waals surface area contributed by atoms with Crippen LogP contribution >= 0.6 is 0 Å². The van der Waals surface area contributed by atoms with Crippen molar-refractivity contribution in [1.82, 2.24) is 10.2 Å². The zero-order valence-corrected chi connectivity index (χ0v) is 18.1. The Hall–Kier alpha value is -2.86. The first-order valence-electron chi connectivity index (χ1n) is 11.5. The van der Waals surface area contributed by atoms with Crippen LogP contribution in [0.4, 0.5) is 10.5 Å². The fraction of sp³-hybridized carbons (Fsp3) is 0.440. The monoisotopic (exact) mass is 421 g/mol. The van der Waals surface area contributed by atoms with Crippen molar-refractivity contribution >= 4 is 17.6 Å². The average molecular weight is 422 g/mol. The molecular formula is C25H33N4O2+. The van der Waals surface area contributed by atoms with E-state index in [-0.39, 0.29) is 17.9 Å². The summed E-state index contributed by atoms with van der Waals surface area (Å²) < 4.78 is 0. The van der Waals surface area contributed by atoms with E-state index in [2.05, 4.69) is 28.8 Å². The number of nitrogens with one attached hydrogen (secondary N) is 3. The van der Waals surface area contributed by atoms with Crippen LogP contribution in [0.5, 0.6) is 0 Å². The molecule has 164 valence electrons. The third-order valence-electron chi connectivity index (χ3n) is 6.43. The Kier molecular flexibility index (Phi) is 7.20. The second kappa shape index (κ2) is 10.4. The van der Waals surface area contributed by atoms with E-state index in [0.29, 0.717) is 19.6 Å². The lowest BCUT2D eigenvalue weighted by Gasteiger charge is -2.32. The number of hydrogen-bond donors (Lipinski definition) is 3.